The molecule has 3 aromatic rings. The first-order valence-electron chi connectivity index (χ1n) is 5.83. The van der Waals surface area contributed by atoms with Crippen molar-refractivity contribution in [3.05, 3.63) is 58.8 Å². The van der Waals surface area contributed by atoms with E-state index in [-0.39, 0.29) is 5.43 Å². The van der Waals surface area contributed by atoms with Gasteiger partial charge in [0.15, 0.2) is 5.43 Å². The number of hydrogen-bond acceptors (Lipinski definition) is 1. The van der Waals surface area contributed by atoms with Crippen molar-refractivity contribution in [1.82, 2.24) is 4.57 Å². The molecule has 0 aliphatic rings. The molecular weight excluding hydrogens is 210 g/mol. The number of pyridine rings is 1. The van der Waals surface area contributed by atoms with Crippen molar-refractivity contribution in [3.63, 3.8) is 0 Å². The van der Waals surface area contributed by atoms with Crippen LogP contribution in [0.25, 0.3) is 21.8 Å². The molecule has 0 saturated heterocycles. The van der Waals surface area contributed by atoms with E-state index >= 15 is 0 Å². The van der Waals surface area contributed by atoms with Crippen molar-refractivity contribution in [2.45, 2.75) is 13.5 Å². The minimum Gasteiger partial charge on any atom is -0.341 e. The summed E-state index contributed by atoms with van der Waals surface area (Å²) in [4.78, 5) is 12.3. The minimum atomic E-state index is 0.126. The fourth-order valence-electron chi connectivity index (χ4n) is 2.42. The molecule has 0 aliphatic heterocycles. The number of hydrogen-bond donors (Lipinski definition) is 0. The van der Waals surface area contributed by atoms with E-state index in [4.69, 9.17) is 0 Å². The van der Waals surface area contributed by atoms with Crippen molar-refractivity contribution in [1.29, 1.82) is 0 Å². The third-order valence-corrected chi connectivity index (χ3v) is 3.20. The van der Waals surface area contributed by atoms with Crippen LogP contribution in [0.4, 0.5) is 0 Å². The second-order valence-corrected chi connectivity index (χ2v) is 4.11. The molecule has 0 fully saturated rings. The highest BCUT2D eigenvalue weighted by atomic mass is 16.1. The van der Waals surface area contributed by atoms with Gasteiger partial charge in [-0.2, -0.15) is 0 Å². The fourth-order valence-corrected chi connectivity index (χ4v) is 2.42. The molecule has 0 saturated carbocycles. The first kappa shape index (κ1) is 10.1. The zero-order valence-corrected chi connectivity index (χ0v) is 9.68. The normalized spacial score (nSPS) is 11.1. The summed E-state index contributed by atoms with van der Waals surface area (Å²) < 4.78 is 2.19. The van der Waals surface area contributed by atoms with E-state index in [1.54, 1.807) is 0 Å². The Kier molecular flexibility index (Phi) is 2.22. The van der Waals surface area contributed by atoms with Gasteiger partial charge in [-0.05, 0) is 31.2 Å². The smallest absolute Gasteiger partial charge is 0.197 e. The van der Waals surface area contributed by atoms with Gasteiger partial charge in [0.05, 0.1) is 11.0 Å². The third kappa shape index (κ3) is 1.37. The van der Waals surface area contributed by atoms with Gasteiger partial charge < -0.3 is 4.57 Å². The van der Waals surface area contributed by atoms with Crippen LogP contribution in [0.3, 0.4) is 0 Å². The lowest BCUT2D eigenvalue weighted by atomic mass is 10.1. The van der Waals surface area contributed by atoms with E-state index < -0.39 is 0 Å². The van der Waals surface area contributed by atoms with Gasteiger partial charge in [-0.25, -0.2) is 0 Å². The lowest BCUT2D eigenvalue weighted by molar-refractivity contribution is 0.821. The number of para-hydroxylation sites is 2. The first-order chi connectivity index (χ1) is 8.33. The summed E-state index contributed by atoms with van der Waals surface area (Å²) in [7, 11) is 0. The zero-order chi connectivity index (χ0) is 11.8. The van der Waals surface area contributed by atoms with E-state index in [2.05, 4.69) is 11.5 Å². The van der Waals surface area contributed by atoms with Crippen LogP contribution in [-0.2, 0) is 6.54 Å². The van der Waals surface area contributed by atoms with Crippen LogP contribution >= 0.6 is 0 Å². The quantitative estimate of drug-likeness (QED) is 0.581. The Hall–Kier alpha value is -2.09. The number of rotatable bonds is 1. The minimum absolute atomic E-state index is 0.126. The molecule has 0 bridgehead atoms. The van der Waals surface area contributed by atoms with E-state index in [9.17, 15) is 4.79 Å². The van der Waals surface area contributed by atoms with Crippen molar-refractivity contribution in [3.8, 4) is 0 Å². The molecule has 1 aromatic heterocycles. The Bertz CT molecular complexity index is 696. The van der Waals surface area contributed by atoms with E-state index in [0.717, 1.165) is 28.4 Å². The van der Waals surface area contributed by atoms with Crippen molar-refractivity contribution >= 4 is 21.8 Å². The molecule has 0 radical (unpaired) electrons. The van der Waals surface area contributed by atoms with Crippen LogP contribution in [0.2, 0.25) is 0 Å². The van der Waals surface area contributed by atoms with Gasteiger partial charge in [0, 0.05) is 17.3 Å². The molecular formula is C15H13NO. The van der Waals surface area contributed by atoms with Gasteiger partial charge in [-0.1, -0.05) is 24.3 Å². The second-order valence-electron chi connectivity index (χ2n) is 4.11. The van der Waals surface area contributed by atoms with Gasteiger partial charge in [0.2, 0.25) is 0 Å². The predicted octanol–water partition coefficient (Wildman–Crippen LogP) is 3.17. The summed E-state index contributed by atoms with van der Waals surface area (Å²) in [6.45, 7) is 2.96. The number of aromatic nitrogens is 1. The van der Waals surface area contributed by atoms with Crippen molar-refractivity contribution in [2.24, 2.45) is 0 Å². The molecule has 3 rings (SSSR count). The number of aryl methyl sites for hydroxylation is 1. The molecule has 2 nitrogen and oxygen atoms in total. The van der Waals surface area contributed by atoms with E-state index in [0.29, 0.717) is 0 Å². The SMILES string of the molecule is CCn1c2ccccc2c(=O)c2ccccc21. The van der Waals surface area contributed by atoms with Gasteiger partial charge in [-0.3, -0.25) is 4.79 Å². The monoisotopic (exact) mass is 223 g/mol. The highest BCUT2D eigenvalue weighted by Crippen LogP contribution is 2.18. The van der Waals surface area contributed by atoms with Gasteiger partial charge in [0.25, 0.3) is 0 Å². The Morgan fingerprint density at radius 2 is 1.35 bits per heavy atom. The fraction of sp³-hybridized carbons (Fsp3) is 0.133. The Morgan fingerprint density at radius 1 is 0.882 bits per heavy atom. The summed E-state index contributed by atoms with van der Waals surface area (Å²) >= 11 is 0. The Morgan fingerprint density at radius 3 is 1.82 bits per heavy atom. The maximum atomic E-state index is 12.3. The highest BCUT2D eigenvalue weighted by molar-refractivity contribution is 5.93. The zero-order valence-electron chi connectivity index (χ0n) is 9.68. The lowest BCUT2D eigenvalue weighted by Gasteiger charge is -2.12. The molecule has 0 amide bonds. The van der Waals surface area contributed by atoms with Gasteiger partial charge in [0.1, 0.15) is 0 Å². The molecule has 2 heteroatoms. The summed E-state index contributed by atoms with van der Waals surface area (Å²) in [5, 5.41) is 1.60. The van der Waals surface area contributed by atoms with Crippen LogP contribution in [-0.4, -0.2) is 4.57 Å². The maximum Gasteiger partial charge on any atom is 0.197 e. The van der Waals surface area contributed by atoms with Crippen LogP contribution in [0, 0.1) is 0 Å². The average Bonchev–Trinajstić information content (AvgIpc) is 2.40. The van der Waals surface area contributed by atoms with Crippen LogP contribution in [0.5, 0.6) is 0 Å². The predicted molar refractivity (Wildman–Crippen MR) is 71.4 cm³/mol. The van der Waals surface area contributed by atoms with Crippen molar-refractivity contribution < 1.29 is 0 Å². The molecule has 17 heavy (non-hydrogen) atoms. The Balaban J connectivity index is 2.68. The number of nitrogens with zero attached hydrogens (tertiary/aromatic N) is 1. The summed E-state index contributed by atoms with van der Waals surface area (Å²) in [6, 6.07) is 15.6. The van der Waals surface area contributed by atoms with E-state index in [1.807, 2.05) is 48.5 Å². The molecule has 1 heterocycles. The molecule has 84 valence electrons. The highest BCUT2D eigenvalue weighted by Gasteiger charge is 2.07. The number of benzene rings is 2. The lowest BCUT2D eigenvalue weighted by Crippen LogP contribution is -2.10. The van der Waals surface area contributed by atoms with Gasteiger partial charge >= 0.3 is 0 Å². The molecule has 0 N–H and O–H groups in total. The third-order valence-electron chi connectivity index (χ3n) is 3.20. The first-order valence-corrected chi connectivity index (χ1v) is 5.83. The number of fused-ring (bicyclic) bond motifs is 2. The standard InChI is InChI=1S/C15H13NO/c1-2-16-13-9-5-3-7-11(13)15(17)12-8-4-6-10-14(12)16/h3-10H,2H2,1H3. The van der Waals surface area contributed by atoms with E-state index in [1.165, 1.54) is 0 Å². The van der Waals surface area contributed by atoms with Crippen LogP contribution in [0.1, 0.15) is 6.92 Å². The summed E-state index contributed by atoms with van der Waals surface area (Å²) in [5.74, 6) is 0. The molecule has 0 aliphatic carbocycles. The summed E-state index contributed by atoms with van der Waals surface area (Å²) in [5.41, 5.74) is 2.15. The average molecular weight is 223 g/mol. The van der Waals surface area contributed by atoms with Crippen LogP contribution in [0.15, 0.2) is 53.3 Å². The topological polar surface area (TPSA) is 22.0 Å². The van der Waals surface area contributed by atoms with Crippen LogP contribution < -0.4 is 5.43 Å². The maximum absolute atomic E-state index is 12.3. The van der Waals surface area contributed by atoms with Crippen molar-refractivity contribution in [2.75, 3.05) is 0 Å². The Labute approximate surface area is 99.1 Å². The molecule has 2 aromatic carbocycles. The molecule has 0 unspecified atom stereocenters. The molecule has 0 atom stereocenters. The largest absolute Gasteiger partial charge is 0.341 e. The second kappa shape index (κ2) is 3.74. The molecule has 0 spiro atoms. The van der Waals surface area contributed by atoms with Gasteiger partial charge in [-0.15, -0.1) is 0 Å². The summed E-state index contributed by atoms with van der Waals surface area (Å²) in [6.07, 6.45) is 0.